The molecule has 25 heavy (non-hydrogen) atoms. The van der Waals surface area contributed by atoms with Gasteiger partial charge in [-0.1, -0.05) is 57.9 Å². The van der Waals surface area contributed by atoms with E-state index in [-0.39, 0.29) is 0 Å². The second-order valence-corrected chi connectivity index (χ2v) is 6.40. The topological polar surface area (TPSA) is 27.7 Å². The first-order valence-electron chi connectivity index (χ1n) is 10.3. The van der Waals surface area contributed by atoms with Gasteiger partial charge in [0.15, 0.2) is 11.5 Å². The van der Waals surface area contributed by atoms with Crippen LogP contribution in [0, 0.1) is 0 Å². The van der Waals surface area contributed by atoms with Crippen LogP contribution in [0.25, 0.3) is 0 Å². The van der Waals surface area contributed by atoms with Gasteiger partial charge in [-0.15, -0.1) is 0 Å². The fraction of sp³-hybridized carbons (Fsp3) is 0.727. The van der Waals surface area contributed by atoms with Gasteiger partial charge in [0.2, 0.25) is 5.75 Å². The molecule has 0 N–H and O–H groups in total. The molecule has 0 saturated heterocycles. The summed E-state index contributed by atoms with van der Waals surface area (Å²) in [5, 5.41) is 0. The smallest absolute Gasteiger partial charge is 0.203 e. The van der Waals surface area contributed by atoms with Crippen LogP contribution >= 0.6 is 0 Å². The highest BCUT2D eigenvalue weighted by Crippen LogP contribution is 2.41. The Labute approximate surface area is 155 Å². The van der Waals surface area contributed by atoms with Crippen LogP contribution < -0.4 is 14.2 Å². The van der Waals surface area contributed by atoms with Crippen molar-refractivity contribution < 1.29 is 14.2 Å². The molecule has 3 nitrogen and oxygen atoms in total. The van der Waals surface area contributed by atoms with E-state index in [1.807, 2.05) is 26.8 Å². The molecule has 0 bridgehead atoms. The first-order chi connectivity index (χ1) is 12.3. The molecule has 0 atom stereocenters. The van der Waals surface area contributed by atoms with Crippen molar-refractivity contribution in [2.24, 2.45) is 0 Å². The van der Waals surface area contributed by atoms with Crippen molar-refractivity contribution in [2.75, 3.05) is 19.8 Å². The summed E-state index contributed by atoms with van der Waals surface area (Å²) in [6.45, 7) is 10.2. The van der Waals surface area contributed by atoms with Crippen LogP contribution in [-0.4, -0.2) is 19.8 Å². The molecule has 0 aliphatic carbocycles. The van der Waals surface area contributed by atoms with E-state index in [4.69, 9.17) is 14.2 Å². The van der Waals surface area contributed by atoms with Crippen molar-refractivity contribution in [3.8, 4) is 17.2 Å². The number of ether oxygens (including phenoxy) is 3. The number of rotatable bonds is 15. The number of hydrogen-bond acceptors (Lipinski definition) is 3. The molecule has 0 spiro atoms. The van der Waals surface area contributed by atoms with Crippen molar-refractivity contribution in [3.63, 3.8) is 0 Å². The zero-order valence-electron chi connectivity index (χ0n) is 16.9. The maximum Gasteiger partial charge on any atom is 0.203 e. The quantitative estimate of drug-likeness (QED) is 0.335. The number of benzene rings is 1. The molecule has 0 fully saturated rings. The second kappa shape index (κ2) is 13.9. The molecule has 0 saturated carbocycles. The molecule has 1 aromatic carbocycles. The van der Waals surface area contributed by atoms with Crippen molar-refractivity contribution >= 4 is 0 Å². The lowest BCUT2D eigenvalue weighted by Gasteiger charge is -2.18. The second-order valence-electron chi connectivity index (χ2n) is 6.40. The third-order valence-corrected chi connectivity index (χ3v) is 4.33. The van der Waals surface area contributed by atoms with Gasteiger partial charge >= 0.3 is 0 Å². The Morgan fingerprint density at radius 1 is 0.600 bits per heavy atom. The van der Waals surface area contributed by atoms with E-state index in [0.717, 1.165) is 23.7 Å². The normalized spacial score (nSPS) is 10.7. The molecular formula is C22H38O3. The predicted octanol–water partition coefficient (Wildman–Crippen LogP) is 6.57. The summed E-state index contributed by atoms with van der Waals surface area (Å²) >= 11 is 0. The van der Waals surface area contributed by atoms with Crippen LogP contribution in [0.1, 0.15) is 84.6 Å². The van der Waals surface area contributed by atoms with E-state index in [0.29, 0.717) is 19.8 Å². The van der Waals surface area contributed by atoms with Crippen LogP contribution in [0.5, 0.6) is 17.2 Å². The van der Waals surface area contributed by atoms with Gasteiger partial charge in [-0.3, -0.25) is 0 Å². The minimum atomic E-state index is 0.612. The zero-order valence-corrected chi connectivity index (χ0v) is 16.9. The SMILES string of the molecule is CCCCCCCCCCc1ccc(OCC)c(OCC)c1OCC. The standard InChI is InChI=1S/C22H38O3/c1-5-9-10-11-12-13-14-15-16-19-17-18-20(23-6-2)22(25-8-4)21(19)24-7-3/h17-18H,5-16H2,1-4H3. The van der Waals surface area contributed by atoms with E-state index >= 15 is 0 Å². The molecule has 0 radical (unpaired) electrons. The van der Waals surface area contributed by atoms with Crippen LogP contribution in [0.3, 0.4) is 0 Å². The van der Waals surface area contributed by atoms with E-state index in [9.17, 15) is 0 Å². The van der Waals surface area contributed by atoms with Crippen LogP contribution in [-0.2, 0) is 6.42 Å². The van der Waals surface area contributed by atoms with Gasteiger partial charge in [-0.25, -0.2) is 0 Å². The molecule has 0 heterocycles. The minimum absolute atomic E-state index is 0.612. The lowest BCUT2D eigenvalue weighted by molar-refractivity contribution is 0.259. The molecule has 0 amide bonds. The molecule has 1 aromatic rings. The van der Waals surface area contributed by atoms with Gasteiger partial charge in [0.05, 0.1) is 19.8 Å². The van der Waals surface area contributed by atoms with Crippen LogP contribution in [0.4, 0.5) is 0 Å². The minimum Gasteiger partial charge on any atom is -0.490 e. The Morgan fingerprint density at radius 2 is 1.16 bits per heavy atom. The van der Waals surface area contributed by atoms with E-state index in [1.165, 1.54) is 56.9 Å². The zero-order chi connectivity index (χ0) is 18.3. The maximum atomic E-state index is 5.93. The van der Waals surface area contributed by atoms with Gasteiger partial charge < -0.3 is 14.2 Å². The molecule has 0 aromatic heterocycles. The Kier molecular flexibility index (Phi) is 12.0. The highest BCUT2D eigenvalue weighted by molar-refractivity contribution is 5.56. The summed E-state index contributed by atoms with van der Waals surface area (Å²) in [5.74, 6) is 2.42. The van der Waals surface area contributed by atoms with Crippen LogP contribution in [0.2, 0.25) is 0 Å². The summed E-state index contributed by atoms with van der Waals surface area (Å²) in [5.41, 5.74) is 1.24. The van der Waals surface area contributed by atoms with Gasteiger partial charge in [0, 0.05) is 0 Å². The summed E-state index contributed by atoms with van der Waals surface area (Å²) in [7, 11) is 0. The number of unbranched alkanes of at least 4 members (excludes halogenated alkanes) is 7. The Bertz CT molecular complexity index is 457. The largest absolute Gasteiger partial charge is 0.490 e. The average Bonchev–Trinajstić information content (AvgIpc) is 2.61. The van der Waals surface area contributed by atoms with E-state index in [1.54, 1.807) is 0 Å². The number of hydrogen-bond donors (Lipinski definition) is 0. The summed E-state index contributed by atoms with van der Waals surface area (Å²) in [6.07, 6.45) is 11.7. The van der Waals surface area contributed by atoms with Crippen LogP contribution in [0.15, 0.2) is 12.1 Å². The molecule has 0 unspecified atom stereocenters. The lowest BCUT2D eigenvalue weighted by atomic mass is 10.0. The lowest BCUT2D eigenvalue weighted by Crippen LogP contribution is -2.05. The monoisotopic (exact) mass is 350 g/mol. The third kappa shape index (κ3) is 8.02. The predicted molar refractivity (Wildman–Crippen MR) is 106 cm³/mol. The Balaban J connectivity index is 2.60. The molecule has 0 aliphatic heterocycles. The van der Waals surface area contributed by atoms with E-state index < -0.39 is 0 Å². The average molecular weight is 351 g/mol. The van der Waals surface area contributed by atoms with Crippen molar-refractivity contribution in [1.82, 2.24) is 0 Å². The molecule has 1 rings (SSSR count). The summed E-state index contributed by atoms with van der Waals surface area (Å²) in [6, 6.07) is 4.16. The summed E-state index contributed by atoms with van der Waals surface area (Å²) < 4.78 is 17.5. The maximum absolute atomic E-state index is 5.93. The Hall–Kier alpha value is -1.38. The third-order valence-electron chi connectivity index (χ3n) is 4.33. The fourth-order valence-electron chi connectivity index (χ4n) is 3.08. The van der Waals surface area contributed by atoms with Gasteiger partial charge in [-0.2, -0.15) is 0 Å². The van der Waals surface area contributed by atoms with Gasteiger partial charge in [0.25, 0.3) is 0 Å². The van der Waals surface area contributed by atoms with Gasteiger partial charge in [0.1, 0.15) is 0 Å². The Morgan fingerprint density at radius 3 is 1.76 bits per heavy atom. The molecule has 144 valence electrons. The van der Waals surface area contributed by atoms with Crippen molar-refractivity contribution in [1.29, 1.82) is 0 Å². The van der Waals surface area contributed by atoms with E-state index in [2.05, 4.69) is 13.0 Å². The summed E-state index contributed by atoms with van der Waals surface area (Å²) in [4.78, 5) is 0. The molecular weight excluding hydrogens is 312 g/mol. The first kappa shape index (κ1) is 21.7. The molecule has 0 aliphatic rings. The number of aryl methyl sites for hydroxylation is 1. The fourth-order valence-corrected chi connectivity index (χ4v) is 3.08. The highest BCUT2D eigenvalue weighted by atomic mass is 16.5. The van der Waals surface area contributed by atoms with Crippen molar-refractivity contribution in [2.45, 2.75) is 85.5 Å². The van der Waals surface area contributed by atoms with Crippen molar-refractivity contribution in [3.05, 3.63) is 17.7 Å². The first-order valence-corrected chi connectivity index (χ1v) is 10.3. The van der Waals surface area contributed by atoms with Gasteiger partial charge in [-0.05, 0) is 45.2 Å². The highest BCUT2D eigenvalue weighted by Gasteiger charge is 2.17. The molecule has 3 heteroatoms.